The van der Waals surface area contributed by atoms with Gasteiger partial charge < -0.3 is 4.90 Å². The smallest absolute Gasteiger partial charge is 0.190 e. The van der Waals surface area contributed by atoms with Crippen molar-refractivity contribution in [2.45, 2.75) is 0 Å². The van der Waals surface area contributed by atoms with Crippen LogP contribution < -0.4 is 0 Å². The molecule has 0 N–H and O–H groups in total. The Bertz CT molecular complexity index is 647. The molecule has 108 valence electrons. The van der Waals surface area contributed by atoms with Crippen molar-refractivity contribution in [2.24, 2.45) is 0 Å². The number of halogens is 1. The molecule has 0 saturated heterocycles. The highest BCUT2D eigenvalue weighted by molar-refractivity contribution is 9.10. The molecule has 0 spiro atoms. The van der Waals surface area contributed by atoms with Crippen LogP contribution in [0, 0.1) is 0 Å². The number of rotatable bonds is 5. The minimum atomic E-state index is 0.0734. The van der Waals surface area contributed by atoms with E-state index in [4.69, 9.17) is 0 Å². The second-order valence-corrected chi connectivity index (χ2v) is 6.07. The molecule has 2 nitrogen and oxygen atoms in total. The Morgan fingerprint density at radius 2 is 1.81 bits per heavy atom. The minimum Gasteiger partial charge on any atom is -0.305 e. The molecular formula is C18H18BrNO. The van der Waals surface area contributed by atoms with Crippen LogP contribution in [0.15, 0.2) is 64.6 Å². The summed E-state index contributed by atoms with van der Waals surface area (Å²) in [6, 6.07) is 17.4. The van der Waals surface area contributed by atoms with Crippen molar-refractivity contribution < 1.29 is 4.79 Å². The fourth-order valence-corrected chi connectivity index (χ4v) is 2.51. The molecule has 2 aromatic carbocycles. The summed E-state index contributed by atoms with van der Waals surface area (Å²) in [6.07, 6.45) is 1.96. The number of ketones is 1. The molecule has 0 aliphatic rings. The summed E-state index contributed by atoms with van der Waals surface area (Å²) in [5.41, 5.74) is 2.52. The topological polar surface area (TPSA) is 20.3 Å². The van der Waals surface area contributed by atoms with Crippen LogP contribution in [0.4, 0.5) is 0 Å². The van der Waals surface area contributed by atoms with Gasteiger partial charge in [-0.2, -0.15) is 0 Å². The van der Waals surface area contributed by atoms with Crippen LogP contribution in [-0.4, -0.2) is 31.3 Å². The molecule has 0 aliphatic heterocycles. The van der Waals surface area contributed by atoms with E-state index in [-0.39, 0.29) is 5.78 Å². The Labute approximate surface area is 134 Å². The zero-order valence-corrected chi connectivity index (χ0v) is 13.8. The summed E-state index contributed by atoms with van der Waals surface area (Å²) in [5.74, 6) is 0.0734. The third-order valence-corrected chi connectivity index (χ3v) is 3.50. The van der Waals surface area contributed by atoms with Gasteiger partial charge >= 0.3 is 0 Å². The van der Waals surface area contributed by atoms with Gasteiger partial charge in [-0.1, -0.05) is 58.4 Å². The van der Waals surface area contributed by atoms with Crippen molar-refractivity contribution >= 4 is 27.8 Å². The van der Waals surface area contributed by atoms with Crippen molar-refractivity contribution in [3.8, 4) is 0 Å². The van der Waals surface area contributed by atoms with Gasteiger partial charge in [-0.05, 0) is 37.9 Å². The summed E-state index contributed by atoms with van der Waals surface area (Å²) in [6.45, 7) is 0.611. The van der Waals surface area contributed by atoms with Gasteiger partial charge in [-0.3, -0.25) is 4.79 Å². The quantitative estimate of drug-likeness (QED) is 0.596. The van der Waals surface area contributed by atoms with E-state index in [0.717, 1.165) is 21.2 Å². The predicted octanol–water partition coefficient (Wildman–Crippen LogP) is 4.28. The van der Waals surface area contributed by atoms with Gasteiger partial charge in [0.1, 0.15) is 0 Å². The van der Waals surface area contributed by atoms with Gasteiger partial charge in [0, 0.05) is 22.2 Å². The molecule has 0 fully saturated rings. The van der Waals surface area contributed by atoms with Crippen LogP contribution in [0.1, 0.15) is 15.9 Å². The molecule has 2 aromatic rings. The van der Waals surface area contributed by atoms with Crippen molar-refractivity contribution in [1.82, 2.24) is 4.90 Å². The van der Waals surface area contributed by atoms with E-state index in [1.165, 1.54) is 0 Å². The number of benzene rings is 2. The molecule has 21 heavy (non-hydrogen) atoms. The first-order valence-electron chi connectivity index (χ1n) is 6.77. The summed E-state index contributed by atoms with van der Waals surface area (Å²) >= 11 is 3.46. The summed E-state index contributed by atoms with van der Waals surface area (Å²) in [5, 5.41) is 0. The normalized spacial score (nSPS) is 11.7. The highest BCUT2D eigenvalue weighted by Gasteiger charge is 2.13. The molecular weight excluding hydrogens is 326 g/mol. The highest BCUT2D eigenvalue weighted by Crippen LogP contribution is 2.17. The lowest BCUT2D eigenvalue weighted by molar-refractivity contribution is 0.102. The molecule has 0 aliphatic carbocycles. The number of hydrogen-bond acceptors (Lipinski definition) is 2. The summed E-state index contributed by atoms with van der Waals surface area (Å²) in [7, 11) is 3.93. The van der Waals surface area contributed by atoms with Crippen LogP contribution in [0.25, 0.3) is 6.08 Å². The van der Waals surface area contributed by atoms with Gasteiger partial charge in [0.05, 0.1) is 0 Å². The number of nitrogens with zero attached hydrogens (tertiary/aromatic N) is 1. The van der Waals surface area contributed by atoms with E-state index in [1.807, 2.05) is 79.7 Å². The Balaban J connectivity index is 2.36. The van der Waals surface area contributed by atoms with E-state index in [9.17, 15) is 4.79 Å². The Kier molecular flexibility index (Phi) is 5.48. The summed E-state index contributed by atoms with van der Waals surface area (Å²) in [4.78, 5) is 14.7. The van der Waals surface area contributed by atoms with Gasteiger partial charge in [-0.15, -0.1) is 0 Å². The molecule has 0 bridgehead atoms. The van der Waals surface area contributed by atoms with E-state index in [1.54, 1.807) is 0 Å². The first-order chi connectivity index (χ1) is 10.1. The second-order valence-electron chi connectivity index (χ2n) is 5.16. The van der Waals surface area contributed by atoms with Crippen LogP contribution in [0.5, 0.6) is 0 Å². The third-order valence-electron chi connectivity index (χ3n) is 3.00. The molecule has 0 unspecified atom stereocenters. The van der Waals surface area contributed by atoms with Gasteiger partial charge in [0.25, 0.3) is 0 Å². The minimum absolute atomic E-state index is 0.0734. The van der Waals surface area contributed by atoms with E-state index in [2.05, 4.69) is 15.9 Å². The largest absolute Gasteiger partial charge is 0.305 e. The Morgan fingerprint density at radius 1 is 1.10 bits per heavy atom. The zero-order valence-electron chi connectivity index (χ0n) is 12.2. The van der Waals surface area contributed by atoms with Gasteiger partial charge in [0.15, 0.2) is 5.78 Å². The van der Waals surface area contributed by atoms with Crippen molar-refractivity contribution in [3.63, 3.8) is 0 Å². The number of likely N-dealkylation sites (N-methyl/N-ethyl adjacent to an activating group) is 1. The maximum absolute atomic E-state index is 12.7. The second kappa shape index (κ2) is 7.34. The molecule has 0 amide bonds. The molecule has 0 atom stereocenters. The van der Waals surface area contributed by atoms with Crippen molar-refractivity contribution in [3.05, 3.63) is 75.8 Å². The van der Waals surface area contributed by atoms with Crippen LogP contribution in [0.2, 0.25) is 0 Å². The lowest BCUT2D eigenvalue weighted by atomic mass is 10.0. The number of hydrogen-bond donors (Lipinski definition) is 0. The maximum atomic E-state index is 12.7. The highest BCUT2D eigenvalue weighted by atomic mass is 79.9. The maximum Gasteiger partial charge on any atom is 0.190 e. The van der Waals surface area contributed by atoms with Crippen LogP contribution >= 0.6 is 15.9 Å². The predicted molar refractivity (Wildman–Crippen MR) is 91.4 cm³/mol. The Morgan fingerprint density at radius 3 is 2.43 bits per heavy atom. The van der Waals surface area contributed by atoms with E-state index < -0.39 is 0 Å². The molecule has 0 radical (unpaired) electrons. The number of carbonyl (C=O) groups excluding carboxylic acids is 1. The van der Waals surface area contributed by atoms with Crippen molar-refractivity contribution in [1.29, 1.82) is 0 Å². The average Bonchev–Trinajstić information content (AvgIpc) is 2.46. The first-order valence-corrected chi connectivity index (χ1v) is 7.56. The number of carbonyl (C=O) groups is 1. The Hall–Kier alpha value is -1.71. The standard InChI is InChI=1S/C18H18BrNO/c1-20(2)13-16(11-14-7-6-10-17(19)12-14)18(21)15-8-4-3-5-9-15/h3-12H,13H2,1-2H3/b16-11+. The molecule has 0 heterocycles. The van der Waals surface area contributed by atoms with E-state index >= 15 is 0 Å². The molecule has 2 rings (SSSR count). The van der Waals surface area contributed by atoms with Crippen LogP contribution in [0.3, 0.4) is 0 Å². The SMILES string of the molecule is CN(C)C/C(=C\c1cccc(Br)c1)C(=O)c1ccccc1. The van der Waals surface area contributed by atoms with Gasteiger partial charge in [-0.25, -0.2) is 0 Å². The molecule has 3 heteroatoms. The number of Topliss-reactive ketones (excluding diaryl/α,β-unsaturated/α-hetero) is 1. The first kappa shape index (κ1) is 15.7. The third kappa shape index (κ3) is 4.66. The molecule has 0 saturated carbocycles. The lowest BCUT2D eigenvalue weighted by Crippen LogP contribution is -2.20. The van der Waals surface area contributed by atoms with Crippen molar-refractivity contribution in [2.75, 3.05) is 20.6 Å². The van der Waals surface area contributed by atoms with Crippen LogP contribution in [-0.2, 0) is 0 Å². The summed E-state index contributed by atoms with van der Waals surface area (Å²) < 4.78 is 1.01. The lowest BCUT2D eigenvalue weighted by Gasteiger charge is -2.13. The fourth-order valence-electron chi connectivity index (χ4n) is 2.10. The fraction of sp³-hybridized carbons (Fsp3) is 0.167. The zero-order chi connectivity index (χ0) is 15.2. The molecule has 0 aromatic heterocycles. The monoisotopic (exact) mass is 343 g/mol. The van der Waals surface area contributed by atoms with E-state index in [0.29, 0.717) is 6.54 Å². The van der Waals surface area contributed by atoms with Gasteiger partial charge in [0.2, 0.25) is 0 Å². The average molecular weight is 344 g/mol.